The van der Waals surface area contributed by atoms with E-state index in [2.05, 4.69) is 0 Å². The maximum Gasteiger partial charge on any atom is 2.00 e. The van der Waals surface area contributed by atoms with Crippen LogP contribution in [-0.2, 0) is 27.4 Å². The van der Waals surface area contributed by atoms with E-state index in [0.717, 1.165) is 0 Å². The Kier molecular flexibility index (Phi) is 116. The molecule has 0 atom stereocenters. The van der Waals surface area contributed by atoms with Gasteiger partial charge in [0, 0.05) is 0 Å². The van der Waals surface area contributed by atoms with Crippen molar-refractivity contribution in [3.8, 4) is 0 Å². The number of hydrogen-bond donors (Lipinski definition) is 2. The van der Waals surface area contributed by atoms with Gasteiger partial charge >= 0.3 is 302 Å². The number of rotatable bonds is 0. The van der Waals surface area contributed by atoms with Crippen molar-refractivity contribution in [3.05, 3.63) is 0 Å². The molecule has 24 nitrogen and oxygen atoms in total. The molecule has 0 amide bonds. The summed E-state index contributed by atoms with van der Waals surface area (Å²) in [5.41, 5.74) is 0. The van der Waals surface area contributed by atoms with Crippen molar-refractivity contribution in [3.63, 3.8) is 0 Å². The Morgan fingerprint density at radius 1 is 0.263 bits per heavy atom. The first-order chi connectivity index (χ1) is 12.0. The Labute approximate surface area is 452 Å². The maximum atomic E-state index is 8.66. The van der Waals surface area contributed by atoms with Gasteiger partial charge in [0.2, 0.25) is 0 Å². The fourth-order valence-corrected chi connectivity index (χ4v) is 0. The molecule has 38 heteroatoms. The predicted molar refractivity (Wildman–Crippen MR) is 96.1 cm³/mol. The van der Waals surface area contributed by atoms with Gasteiger partial charge in [-0.3, -0.25) is 0 Å². The second kappa shape index (κ2) is 47.7. The van der Waals surface area contributed by atoms with Gasteiger partial charge in [0.25, 0.3) is 0 Å². The quantitative estimate of drug-likeness (QED) is 0.168. The van der Waals surface area contributed by atoms with Crippen molar-refractivity contribution >= 4 is 349 Å². The van der Waals surface area contributed by atoms with Crippen LogP contribution >= 0.6 is 46.9 Å². The van der Waals surface area contributed by atoms with Gasteiger partial charge in [0.15, 0.2) is 0 Å². The van der Waals surface area contributed by atoms with Gasteiger partial charge < -0.3 is 115 Å². The van der Waals surface area contributed by atoms with Crippen molar-refractivity contribution in [1.82, 2.24) is 0 Å². The van der Waals surface area contributed by atoms with Gasteiger partial charge in [-0.25, -0.2) is 0 Å². The third-order valence-corrected chi connectivity index (χ3v) is 0. The Bertz CT molecular complexity index is 482. The van der Waals surface area contributed by atoms with E-state index in [1.54, 1.807) is 0 Å². The molecule has 0 heterocycles. The molecule has 0 bridgehead atoms. The van der Waals surface area contributed by atoms with Crippen molar-refractivity contribution in [1.29, 1.82) is 0 Å². The monoisotopic (exact) mass is 891 g/mol. The second-order valence-electron chi connectivity index (χ2n) is 2.73. The Hall–Kier alpha value is 10.7. The van der Waals surface area contributed by atoms with Crippen molar-refractivity contribution in [2.24, 2.45) is 0 Å². The largest absolute Gasteiger partial charge is 2.00 e. The van der Waals surface area contributed by atoms with E-state index in [4.69, 9.17) is 115 Å². The molecule has 0 spiro atoms. The summed E-state index contributed by atoms with van der Waals surface area (Å²) in [5, 5.41) is 0. The van der Waals surface area contributed by atoms with Gasteiger partial charge in [-0.2, -0.15) is 31.3 Å². The molecule has 38 heavy (non-hydrogen) atoms. The van der Waals surface area contributed by atoms with Crippen molar-refractivity contribution < 1.29 is 115 Å². The van der Waals surface area contributed by atoms with E-state index in [1.165, 1.54) is 0 Å². The molecular formula is H2Ca8O24P6. The predicted octanol–water partition coefficient (Wildman–Crippen LogP) is -18.7. The van der Waals surface area contributed by atoms with E-state index < -0.39 is 46.9 Å². The average molecular weight is 892 g/mol. The van der Waals surface area contributed by atoms with Crippen LogP contribution in [0.5, 0.6) is 0 Å². The van der Waals surface area contributed by atoms with E-state index in [0.29, 0.717) is 0 Å². The topological polar surface area (TPSA) is 512 Å². The van der Waals surface area contributed by atoms with Gasteiger partial charge in [-0.15, -0.1) is 0 Å². The molecule has 0 unspecified atom stereocenters. The van der Waals surface area contributed by atoms with Crippen LogP contribution < -0.4 is 78.3 Å². The van der Waals surface area contributed by atoms with Crippen LogP contribution in [0.4, 0.5) is 0 Å². The summed E-state index contributed by atoms with van der Waals surface area (Å²) in [6.07, 6.45) is 0. The Morgan fingerprint density at radius 2 is 0.263 bits per heavy atom. The van der Waals surface area contributed by atoms with Crippen LogP contribution in [0.2, 0.25) is 0 Å². The zero-order chi connectivity index (χ0) is 27.0. The summed E-state index contributed by atoms with van der Waals surface area (Å²) >= 11 is 0. The molecule has 0 aromatic rings. The fourth-order valence-electron chi connectivity index (χ4n) is 0. The molecule has 0 aliphatic carbocycles. The van der Waals surface area contributed by atoms with Gasteiger partial charge in [-0.1, -0.05) is 0 Å². The summed E-state index contributed by atoms with van der Waals surface area (Å²) < 4.78 is 51.5. The SMILES string of the molecule is O=P([O-])([O-])O.O=P([O-])([O-])O.O=P([O-])([O-])[O-].O=P([O-])([O-])[O-].O=P([O-])([O-])[O-].O=P([O-])([O-])[O-].[Ca+2].[Ca+2].[Ca+2].[Ca+2].[Ca+2].[Ca+2].[Ca+2].[Ca+2]. The van der Waals surface area contributed by atoms with Crippen molar-refractivity contribution in [2.45, 2.75) is 0 Å². The van der Waals surface area contributed by atoms with Crippen LogP contribution in [0, 0.1) is 0 Å². The molecule has 192 valence electrons. The van der Waals surface area contributed by atoms with Gasteiger partial charge in [0.1, 0.15) is 0 Å². The molecular weight excluding hydrogens is 890 g/mol. The minimum absolute atomic E-state index is 0. The summed E-state index contributed by atoms with van der Waals surface area (Å²) in [6, 6.07) is 0. The van der Waals surface area contributed by atoms with Crippen molar-refractivity contribution in [2.75, 3.05) is 0 Å². The van der Waals surface area contributed by atoms with E-state index in [9.17, 15) is 0 Å². The second-order valence-corrected chi connectivity index (χ2v) is 8.18. The third-order valence-electron chi connectivity index (χ3n) is 0. The van der Waals surface area contributed by atoms with Crippen LogP contribution in [0.1, 0.15) is 0 Å². The Balaban J connectivity index is -0.0000000145. The van der Waals surface area contributed by atoms with Gasteiger partial charge in [0.05, 0.1) is 15.6 Å². The molecule has 0 fully saturated rings. The number of hydrogen-bond acceptors (Lipinski definition) is 22. The minimum atomic E-state index is -5.39. The van der Waals surface area contributed by atoms with E-state index >= 15 is 0 Å². The molecule has 0 saturated heterocycles. The molecule has 0 radical (unpaired) electrons. The summed E-state index contributed by atoms with van der Waals surface area (Å²) in [5.74, 6) is 0. The zero-order valence-corrected chi connectivity index (χ0v) is 41.2. The maximum absolute atomic E-state index is 8.66. The Morgan fingerprint density at radius 3 is 0.263 bits per heavy atom. The summed E-state index contributed by atoms with van der Waals surface area (Å²) in [7, 11) is -31.8. The van der Waals surface area contributed by atoms with E-state index in [-0.39, 0.29) is 302 Å². The molecule has 2 N–H and O–H groups in total. The first-order valence-corrected chi connectivity index (χ1v) is 13.2. The minimum Gasteiger partial charge on any atom is -0.822 e. The molecule has 0 rings (SSSR count). The van der Waals surface area contributed by atoms with Crippen LogP contribution in [0.3, 0.4) is 0 Å². The van der Waals surface area contributed by atoms with Gasteiger partial charge in [-0.05, 0) is 0 Å². The van der Waals surface area contributed by atoms with E-state index in [1.807, 2.05) is 0 Å². The smallest absolute Gasteiger partial charge is 0.822 e. The summed E-state index contributed by atoms with van der Waals surface area (Å²) in [6.45, 7) is 0. The third kappa shape index (κ3) is 848. The number of phosphoric acid groups is 6. The first-order valence-electron chi connectivity index (χ1n) is 4.42. The first kappa shape index (κ1) is 92.0. The molecule has 0 saturated carbocycles. The molecule has 0 aromatic heterocycles. The molecule has 0 aromatic carbocycles. The summed E-state index contributed by atoms with van der Waals surface area (Å²) in [4.78, 5) is 151. The van der Waals surface area contributed by atoms with Crippen LogP contribution in [0.15, 0.2) is 0 Å². The fraction of sp³-hybridized carbons (Fsp3) is 0. The zero-order valence-electron chi connectivity index (χ0n) is 18.2. The molecule has 0 aliphatic rings. The average Bonchev–Trinajstić information content (AvgIpc) is 1.94. The standard InChI is InChI=1S/8Ca.6H3O4P/c;;;;;;;;6*1-5(2,3)4/h;;;;;;;;6*(H3,1,2,3,4)/q8*+2;;;;;;/p-16. The van der Waals surface area contributed by atoms with Crippen LogP contribution in [-0.4, -0.2) is 312 Å². The molecule has 0 aliphatic heterocycles. The normalized spacial score (nSPS) is 9.32. The van der Waals surface area contributed by atoms with Crippen LogP contribution in [0.25, 0.3) is 0 Å².